The van der Waals surface area contributed by atoms with Crippen LogP contribution in [0.15, 0.2) is 11.6 Å². The molecule has 2 fully saturated rings. The minimum Gasteiger partial charge on any atom is -0.481 e. The molecule has 3 atom stereocenters. The molecule has 102 valence electrons. The van der Waals surface area contributed by atoms with Gasteiger partial charge in [-0.15, -0.1) is 0 Å². The maximum atomic E-state index is 10.9. The Kier molecular flexibility index (Phi) is 4.47. The standard InChI is InChI=1S/C16H26O2/c1-11(13-6-4-3-5-7-13)8-9-14-10-15(14)12(2)16(17)18/h8,12-15H,3-7,9-10H2,1-2H3,(H,17,18). The van der Waals surface area contributed by atoms with Gasteiger partial charge in [-0.1, -0.05) is 37.8 Å². The van der Waals surface area contributed by atoms with E-state index in [1.54, 1.807) is 5.57 Å². The van der Waals surface area contributed by atoms with E-state index in [9.17, 15) is 4.79 Å². The molecule has 1 N–H and O–H groups in total. The summed E-state index contributed by atoms with van der Waals surface area (Å²) in [6.45, 7) is 4.12. The number of aliphatic carboxylic acids is 1. The van der Waals surface area contributed by atoms with Gasteiger partial charge in [0.2, 0.25) is 0 Å². The number of carboxylic acids is 1. The molecule has 0 saturated heterocycles. The second kappa shape index (κ2) is 5.90. The highest BCUT2D eigenvalue weighted by Gasteiger charge is 2.42. The van der Waals surface area contributed by atoms with E-state index in [0.29, 0.717) is 11.8 Å². The molecule has 18 heavy (non-hydrogen) atoms. The van der Waals surface area contributed by atoms with Gasteiger partial charge in [0.15, 0.2) is 0 Å². The van der Waals surface area contributed by atoms with E-state index in [1.165, 1.54) is 32.1 Å². The van der Waals surface area contributed by atoms with E-state index in [2.05, 4.69) is 13.0 Å². The summed E-state index contributed by atoms with van der Waals surface area (Å²) >= 11 is 0. The van der Waals surface area contributed by atoms with Crippen molar-refractivity contribution in [3.63, 3.8) is 0 Å². The fourth-order valence-electron chi connectivity index (χ4n) is 3.40. The molecule has 0 aromatic heterocycles. The lowest BCUT2D eigenvalue weighted by Gasteiger charge is -2.22. The molecule has 2 nitrogen and oxygen atoms in total. The first-order chi connectivity index (χ1) is 8.59. The van der Waals surface area contributed by atoms with Gasteiger partial charge in [0.05, 0.1) is 5.92 Å². The third-order valence-electron chi connectivity index (χ3n) is 5.00. The van der Waals surface area contributed by atoms with Crippen LogP contribution in [0, 0.1) is 23.7 Å². The summed E-state index contributed by atoms with van der Waals surface area (Å²) < 4.78 is 0. The first-order valence-electron chi connectivity index (χ1n) is 7.49. The molecule has 0 radical (unpaired) electrons. The molecule has 0 aliphatic heterocycles. The Morgan fingerprint density at radius 3 is 2.61 bits per heavy atom. The Balaban J connectivity index is 1.76. The van der Waals surface area contributed by atoms with Gasteiger partial charge in [-0.25, -0.2) is 0 Å². The van der Waals surface area contributed by atoms with Crippen LogP contribution in [0.4, 0.5) is 0 Å². The van der Waals surface area contributed by atoms with Crippen LogP contribution in [-0.2, 0) is 4.79 Å². The Morgan fingerprint density at radius 1 is 1.33 bits per heavy atom. The number of rotatable bonds is 5. The molecular weight excluding hydrogens is 224 g/mol. The lowest BCUT2D eigenvalue weighted by atomic mass is 9.84. The van der Waals surface area contributed by atoms with Gasteiger partial charge in [-0.3, -0.25) is 4.79 Å². The molecule has 0 spiro atoms. The Morgan fingerprint density at radius 2 is 2.00 bits per heavy atom. The van der Waals surface area contributed by atoms with Gasteiger partial charge in [0.1, 0.15) is 0 Å². The molecule has 0 amide bonds. The maximum absolute atomic E-state index is 10.9. The van der Waals surface area contributed by atoms with E-state index >= 15 is 0 Å². The molecule has 0 aromatic rings. The van der Waals surface area contributed by atoms with Crippen LogP contribution in [0.1, 0.15) is 58.8 Å². The quantitative estimate of drug-likeness (QED) is 0.740. The summed E-state index contributed by atoms with van der Waals surface area (Å²) in [6.07, 6.45) is 11.5. The van der Waals surface area contributed by atoms with Gasteiger partial charge >= 0.3 is 5.97 Å². The van der Waals surface area contributed by atoms with Gasteiger partial charge < -0.3 is 5.11 Å². The van der Waals surface area contributed by atoms with E-state index < -0.39 is 5.97 Å². The van der Waals surface area contributed by atoms with Crippen molar-refractivity contribution >= 4 is 5.97 Å². The molecule has 2 aliphatic rings. The van der Waals surface area contributed by atoms with Gasteiger partial charge in [-0.2, -0.15) is 0 Å². The van der Waals surface area contributed by atoms with Crippen molar-refractivity contribution in [1.29, 1.82) is 0 Å². The summed E-state index contributed by atoms with van der Waals surface area (Å²) in [5.74, 6) is 1.09. The number of hydrogen-bond donors (Lipinski definition) is 1. The highest BCUT2D eigenvalue weighted by atomic mass is 16.4. The number of carboxylic acid groups (broad SMARTS) is 1. The highest BCUT2D eigenvalue weighted by Crippen LogP contribution is 2.47. The fraction of sp³-hybridized carbons (Fsp3) is 0.812. The van der Waals surface area contributed by atoms with Gasteiger partial charge in [0.25, 0.3) is 0 Å². The third-order valence-corrected chi connectivity index (χ3v) is 5.00. The smallest absolute Gasteiger partial charge is 0.306 e. The Hall–Kier alpha value is -0.790. The zero-order chi connectivity index (χ0) is 13.1. The van der Waals surface area contributed by atoms with Crippen LogP contribution < -0.4 is 0 Å². The van der Waals surface area contributed by atoms with Crippen LogP contribution in [0.3, 0.4) is 0 Å². The summed E-state index contributed by atoms with van der Waals surface area (Å²) in [7, 11) is 0. The first-order valence-corrected chi connectivity index (χ1v) is 7.49. The van der Waals surface area contributed by atoms with Crippen LogP contribution in [0.5, 0.6) is 0 Å². The molecule has 2 saturated carbocycles. The van der Waals surface area contributed by atoms with Crippen molar-refractivity contribution in [3.05, 3.63) is 11.6 Å². The lowest BCUT2D eigenvalue weighted by Crippen LogP contribution is -2.12. The third kappa shape index (κ3) is 3.37. The monoisotopic (exact) mass is 250 g/mol. The molecular formula is C16H26O2. The summed E-state index contributed by atoms with van der Waals surface area (Å²) in [4.78, 5) is 10.9. The molecule has 3 unspecified atom stereocenters. The number of hydrogen-bond acceptors (Lipinski definition) is 1. The SMILES string of the molecule is CC(=CCC1CC1C(C)C(=O)O)C1CCCCC1. The summed E-state index contributed by atoms with van der Waals surface area (Å²) in [6, 6.07) is 0. The molecule has 2 aliphatic carbocycles. The summed E-state index contributed by atoms with van der Waals surface area (Å²) in [5.41, 5.74) is 1.56. The second-order valence-electron chi connectivity index (χ2n) is 6.31. The second-order valence-corrected chi connectivity index (χ2v) is 6.31. The van der Waals surface area contributed by atoms with Crippen molar-refractivity contribution in [2.75, 3.05) is 0 Å². The molecule has 0 heterocycles. The van der Waals surface area contributed by atoms with Crippen molar-refractivity contribution in [2.45, 2.75) is 58.8 Å². The zero-order valence-electron chi connectivity index (χ0n) is 11.7. The van der Waals surface area contributed by atoms with E-state index in [-0.39, 0.29) is 5.92 Å². The molecule has 0 aromatic carbocycles. The van der Waals surface area contributed by atoms with Crippen molar-refractivity contribution in [3.8, 4) is 0 Å². The van der Waals surface area contributed by atoms with E-state index in [1.807, 2.05) is 6.92 Å². The average Bonchev–Trinajstić information content (AvgIpc) is 3.15. The maximum Gasteiger partial charge on any atom is 0.306 e. The van der Waals surface area contributed by atoms with Gasteiger partial charge in [0, 0.05) is 0 Å². The van der Waals surface area contributed by atoms with Crippen LogP contribution >= 0.6 is 0 Å². The van der Waals surface area contributed by atoms with Crippen LogP contribution in [0.2, 0.25) is 0 Å². The lowest BCUT2D eigenvalue weighted by molar-refractivity contribution is -0.141. The predicted molar refractivity (Wildman–Crippen MR) is 73.3 cm³/mol. The number of allylic oxidation sites excluding steroid dienone is 2. The van der Waals surface area contributed by atoms with Gasteiger partial charge in [-0.05, 0) is 50.4 Å². The number of carbonyl (C=O) groups is 1. The highest BCUT2D eigenvalue weighted by molar-refractivity contribution is 5.70. The van der Waals surface area contributed by atoms with E-state index in [4.69, 9.17) is 5.11 Å². The minimum atomic E-state index is -0.629. The zero-order valence-corrected chi connectivity index (χ0v) is 11.7. The minimum absolute atomic E-state index is 0.154. The summed E-state index contributed by atoms with van der Waals surface area (Å²) in [5, 5.41) is 8.98. The van der Waals surface area contributed by atoms with E-state index in [0.717, 1.165) is 18.8 Å². The Bertz CT molecular complexity index is 326. The molecule has 2 heteroatoms. The average molecular weight is 250 g/mol. The van der Waals surface area contributed by atoms with Crippen LogP contribution in [0.25, 0.3) is 0 Å². The van der Waals surface area contributed by atoms with Crippen molar-refractivity contribution in [1.82, 2.24) is 0 Å². The Labute approximate surface area is 110 Å². The normalized spacial score (nSPS) is 31.1. The molecule has 0 bridgehead atoms. The fourth-order valence-corrected chi connectivity index (χ4v) is 3.40. The van der Waals surface area contributed by atoms with Crippen molar-refractivity contribution < 1.29 is 9.90 Å². The van der Waals surface area contributed by atoms with Crippen molar-refractivity contribution in [2.24, 2.45) is 23.7 Å². The molecule has 2 rings (SSSR count). The largest absolute Gasteiger partial charge is 0.481 e. The topological polar surface area (TPSA) is 37.3 Å². The predicted octanol–water partition coefficient (Wildman–Crippen LogP) is 4.26. The van der Waals surface area contributed by atoms with Crippen LogP contribution in [-0.4, -0.2) is 11.1 Å². The first kappa shape index (κ1) is 13.6.